The average Bonchev–Trinajstić information content (AvgIpc) is 2.27. The zero-order chi connectivity index (χ0) is 11.7. The standard InChI is InChI=1S/C11H21NO3/c1-4-6-8-12(9-7-5-2)10(13)11(14)15-3/h4-9H2,1-3H3. The van der Waals surface area contributed by atoms with Crippen molar-refractivity contribution in [1.29, 1.82) is 0 Å². The number of hydrogen-bond donors (Lipinski definition) is 0. The third-order valence-corrected chi connectivity index (χ3v) is 2.21. The number of ether oxygens (including phenoxy) is 1. The largest absolute Gasteiger partial charge is 0.462 e. The molecule has 88 valence electrons. The Morgan fingerprint density at radius 2 is 1.53 bits per heavy atom. The smallest absolute Gasteiger partial charge is 0.396 e. The average molecular weight is 215 g/mol. The molecule has 1 amide bonds. The molecule has 0 saturated carbocycles. The number of esters is 1. The van der Waals surface area contributed by atoms with Crippen molar-refractivity contribution in [3.63, 3.8) is 0 Å². The molecule has 0 rings (SSSR count). The topological polar surface area (TPSA) is 46.6 Å². The molecule has 0 radical (unpaired) electrons. The predicted octanol–water partition coefficient (Wildman–Crippen LogP) is 1.59. The van der Waals surface area contributed by atoms with E-state index in [1.54, 1.807) is 4.90 Å². The fraction of sp³-hybridized carbons (Fsp3) is 0.818. The summed E-state index contributed by atoms with van der Waals surface area (Å²) in [5, 5.41) is 0. The maximum atomic E-state index is 11.5. The van der Waals surface area contributed by atoms with Gasteiger partial charge in [-0.3, -0.25) is 4.79 Å². The number of unbranched alkanes of at least 4 members (excludes halogenated alkanes) is 2. The van der Waals surface area contributed by atoms with E-state index in [0.717, 1.165) is 25.7 Å². The first-order valence-electron chi connectivity index (χ1n) is 5.54. The summed E-state index contributed by atoms with van der Waals surface area (Å²) in [4.78, 5) is 24.2. The summed E-state index contributed by atoms with van der Waals surface area (Å²) >= 11 is 0. The lowest BCUT2D eigenvalue weighted by Gasteiger charge is -2.20. The van der Waals surface area contributed by atoms with Crippen LogP contribution in [0.2, 0.25) is 0 Å². The van der Waals surface area contributed by atoms with Crippen molar-refractivity contribution in [1.82, 2.24) is 4.90 Å². The Morgan fingerprint density at radius 3 is 1.87 bits per heavy atom. The van der Waals surface area contributed by atoms with Gasteiger partial charge in [-0.15, -0.1) is 0 Å². The molecule has 0 saturated heterocycles. The molecule has 0 bridgehead atoms. The SMILES string of the molecule is CCCCN(CCCC)C(=O)C(=O)OC. The van der Waals surface area contributed by atoms with Crippen molar-refractivity contribution in [3.05, 3.63) is 0 Å². The second-order valence-electron chi connectivity index (χ2n) is 3.49. The molecular formula is C11H21NO3. The van der Waals surface area contributed by atoms with Crippen LogP contribution in [0.1, 0.15) is 39.5 Å². The lowest BCUT2D eigenvalue weighted by atomic mass is 10.2. The quantitative estimate of drug-likeness (QED) is 0.499. The van der Waals surface area contributed by atoms with Gasteiger partial charge in [0.1, 0.15) is 0 Å². The molecule has 0 unspecified atom stereocenters. The van der Waals surface area contributed by atoms with Gasteiger partial charge in [-0.25, -0.2) is 4.79 Å². The zero-order valence-electron chi connectivity index (χ0n) is 9.91. The number of carbonyl (C=O) groups excluding carboxylic acids is 2. The van der Waals surface area contributed by atoms with E-state index in [4.69, 9.17) is 0 Å². The minimum Gasteiger partial charge on any atom is -0.462 e. The minimum absolute atomic E-state index is 0.514. The molecule has 0 aliphatic carbocycles. The Balaban J connectivity index is 4.19. The van der Waals surface area contributed by atoms with Gasteiger partial charge in [0.25, 0.3) is 0 Å². The number of methoxy groups -OCH3 is 1. The molecular weight excluding hydrogens is 194 g/mol. The first-order chi connectivity index (χ1) is 7.17. The van der Waals surface area contributed by atoms with Crippen LogP contribution in [0.4, 0.5) is 0 Å². The van der Waals surface area contributed by atoms with E-state index in [0.29, 0.717) is 13.1 Å². The monoisotopic (exact) mass is 215 g/mol. The Labute approximate surface area is 91.6 Å². The normalized spacial score (nSPS) is 9.80. The van der Waals surface area contributed by atoms with Gasteiger partial charge in [-0.1, -0.05) is 26.7 Å². The molecule has 4 nitrogen and oxygen atoms in total. The molecule has 0 aromatic rings. The highest BCUT2D eigenvalue weighted by Crippen LogP contribution is 2.00. The van der Waals surface area contributed by atoms with Gasteiger partial charge in [-0.2, -0.15) is 0 Å². The Hall–Kier alpha value is -1.06. The van der Waals surface area contributed by atoms with Crippen molar-refractivity contribution >= 4 is 11.9 Å². The molecule has 0 spiro atoms. The predicted molar refractivity (Wildman–Crippen MR) is 58.4 cm³/mol. The molecule has 0 atom stereocenters. The second kappa shape index (κ2) is 8.26. The molecule has 0 aliphatic rings. The van der Waals surface area contributed by atoms with E-state index in [1.807, 2.05) is 0 Å². The summed E-state index contributed by atoms with van der Waals surface area (Å²) in [5.74, 6) is -1.28. The molecule has 0 aromatic heterocycles. The third kappa shape index (κ3) is 5.40. The summed E-state index contributed by atoms with van der Waals surface area (Å²) < 4.78 is 4.42. The maximum absolute atomic E-state index is 11.5. The highest BCUT2D eigenvalue weighted by atomic mass is 16.5. The molecule has 0 aromatic carbocycles. The lowest BCUT2D eigenvalue weighted by Crippen LogP contribution is -2.38. The van der Waals surface area contributed by atoms with Crippen LogP contribution in [0.15, 0.2) is 0 Å². The van der Waals surface area contributed by atoms with E-state index < -0.39 is 11.9 Å². The van der Waals surface area contributed by atoms with Crippen LogP contribution in [0.5, 0.6) is 0 Å². The van der Waals surface area contributed by atoms with Crippen LogP contribution in [0.25, 0.3) is 0 Å². The van der Waals surface area contributed by atoms with Gasteiger partial charge in [0.15, 0.2) is 0 Å². The number of hydrogen-bond acceptors (Lipinski definition) is 3. The van der Waals surface area contributed by atoms with Crippen LogP contribution in [0, 0.1) is 0 Å². The zero-order valence-corrected chi connectivity index (χ0v) is 9.91. The molecule has 0 N–H and O–H groups in total. The number of carbonyl (C=O) groups is 2. The Morgan fingerprint density at radius 1 is 1.07 bits per heavy atom. The van der Waals surface area contributed by atoms with Crippen LogP contribution in [-0.2, 0) is 14.3 Å². The van der Waals surface area contributed by atoms with E-state index in [-0.39, 0.29) is 0 Å². The summed E-state index contributed by atoms with van der Waals surface area (Å²) in [7, 11) is 1.23. The number of rotatable bonds is 6. The fourth-order valence-electron chi connectivity index (χ4n) is 1.23. The molecule has 4 heteroatoms. The van der Waals surface area contributed by atoms with E-state index >= 15 is 0 Å². The summed E-state index contributed by atoms with van der Waals surface area (Å²) in [6.07, 6.45) is 3.87. The van der Waals surface area contributed by atoms with E-state index in [9.17, 15) is 9.59 Å². The van der Waals surface area contributed by atoms with Gasteiger partial charge in [0.05, 0.1) is 7.11 Å². The highest BCUT2D eigenvalue weighted by molar-refractivity contribution is 6.32. The van der Waals surface area contributed by atoms with Crippen molar-refractivity contribution in [2.75, 3.05) is 20.2 Å². The van der Waals surface area contributed by atoms with Crippen LogP contribution in [-0.4, -0.2) is 37.0 Å². The van der Waals surface area contributed by atoms with E-state index in [1.165, 1.54) is 7.11 Å². The van der Waals surface area contributed by atoms with E-state index in [2.05, 4.69) is 18.6 Å². The van der Waals surface area contributed by atoms with Gasteiger partial charge in [-0.05, 0) is 12.8 Å². The lowest BCUT2D eigenvalue weighted by molar-refractivity contribution is -0.158. The molecule has 0 aliphatic heterocycles. The molecule has 15 heavy (non-hydrogen) atoms. The van der Waals surface area contributed by atoms with Crippen LogP contribution in [0.3, 0.4) is 0 Å². The number of nitrogens with zero attached hydrogens (tertiary/aromatic N) is 1. The van der Waals surface area contributed by atoms with Crippen molar-refractivity contribution in [2.45, 2.75) is 39.5 Å². The van der Waals surface area contributed by atoms with Gasteiger partial charge in [0.2, 0.25) is 0 Å². The molecule has 0 fully saturated rings. The summed E-state index contributed by atoms with van der Waals surface area (Å²) in [6, 6.07) is 0. The first kappa shape index (κ1) is 13.9. The maximum Gasteiger partial charge on any atom is 0.396 e. The molecule has 0 heterocycles. The Bertz CT molecular complexity index is 196. The third-order valence-electron chi connectivity index (χ3n) is 2.21. The summed E-state index contributed by atoms with van der Waals surface area (Å²) in [5.41, 5.74) is 0. The first-order valence-corrected chi connectivity index (χ1v) is 5.54. The van der Waals surface area contributed by atoms with Gasteiger partial charge in [0, 0.05) is 13.1 Å². The summed E-state index contributed by atoms with van der Waals surface area (Å²) in [6.45, 7) is 5.40. The van der Waals surface area contributed by atoms with Gasteiger partial charge < -0.3 is 9.64 Å². The fourth-order valence-corrected chi connectivity index (χ4v) is 1.23. The highest BCUT2D eigenvalue weighted by Gasteiger charge is 2.21. The van der Waals surface area contributed by atoms with Crippen molar-refractivity contribution in [3.8, 4) is 0 Å². The van der Waals surface area contributed by atoms with Crippen molar-refractivity contribution in [2.24, 2.45) is 0 Å². The van der Waals surface area contributed by atoms with Crippen molar-refractivity contribution < 1.29 is 14.3 Å². The van der Waals surface area contributed by atoms with Gasteiger partial charge >= 0.3 is 11.9 Å². The minimum atomic E-state index is -0.762. The Kier molecular flexibility index (Phi) is 7.68. The number of amides is 1. The van der Waals surface area contributed by atoms with Crippen LogP contribution < -0.4 is 0 Å². The second-order valence-corrected chi connectivity index (χ2v) is 3.49. The van der Waals surface area contributed by atoms with Crippen LogP contribution >= 0.6 is 0 Å².